The molecule has 0 aliphatic rings. The lowest BCUT2D eigenvalue weighted by molar-refractivity contribution is 0.622. The van der Waals surface area contributed by atoms with E-state index in [4.69, 9.17) is 0 Å². The Hall–Kier alpha value is -1.67. The summed E-state index contributed by atoms with van der Waals surface area (Å²) in [5.41, 5.74) is 6.38. The molecule has 1 nitrogen and oxygen atoms in total. The van der Waals surface area contributed by atoms with Gasteiger partial charge in [0.15, 0.2) is 0 Å². The van der Waals surface area contributed by atoms with Crippen molar-refractivity contribution >= 4 is 0 Å². The first kappa shape index (κ1) is 14.7. The lowest BCUT2D eigenvalue weighted by Crippen LogP contribution is -2.18. The van der Waals surface area contributed by atoms with Crippen molar-refractivity contribution < 1.29 is 4.39 Å². The highest BCUT2D eigenvalue weighted by Gasteiger charge is 2.03. The van der Waals surface area contributed by atoms with E-state index in [0.29, 0.717) is 0 Å². The van der Waals surface area contributed by atoms with Crippen molar-refractivity contribution in [1.82, 2.24) is 5.32 Å². The Balaban J connectivity index is 1.88. The molecule has 0 radical (unpaired) electrons. The van der Waals surface area contributed by atoms with Gasteiger partial charge in [0.2, 0.25) is 0 Å². The van der Waals surface area contributed by atoms with Gasteiger partial charge in [0.05, 0.1) is 0 Å². The summed E-state index contributed by atoms with van der Waals surface area (Å²) in [6.45, 7) is 8.16. The van der Waals surface area contributed by atoms with E-state index < -0.39 is 0 Å². The zero-order valence-electron chi connectivity index (χ0n) is 12.5. The smallest absolute Gasteiger partial charge is 0.123 e. The number of rotatable bonds is 5. The van der Waals surface area contributed by atoms with Crippen LogP contribution in [-0.4, -0.2) is 6.54 Å². The largest absolute Gasteiger partial charge is 0.312 e. The standard InChI is InChI=1S/C18H22FN/c1-13-9-14(2)18(15(3)10-13)12-20-8-7-16-5-4-6-17(19)11-16/h4-6,9-11,20H,7-8,12H2,1-3H3. The molecule has 2 rings (SSSR count). The highest BCUT2D eigenvalue weighted by molar-refractivity contribution is 5.37. The lowest BCUT2D eigenvalue weighted by Gasteiger charge is -2.12. The number of hydrogen-bond donors (Lipinski definition) is 1. The van der Waals surface area contributed by atoms with Crippen LogP contribution in [0.1, 0.15) is 27.8 Å². The molecule has 0 aliphatic carbocycles. The SMILES string of the molecule is Cc1cc(C)c(CNCCc2cccc(F)c2)c(C)c1. The minimum absolute atomic E-state index is 0.160. The summed E-state index contributed by atoms with van der Waals surface area (Å²) < 4.78 is 13.1. The molecular weight excluding hydrogens is 249 g/mol. The Kier molecular flexibility index (Phi) is 4.91. The number of halogens is 1. The Labute approximate surface area is 120 Å². The third kappa shape index (κ3) is 3.91. The molecule has 2 aromatic carbocycles. The third-order valence-corrected chi connectivity index (χ3v) is 3.62. The van der Waals surface area contributed by atoms with Crippen LogP contribution in [0.2, 0.25) is 0 Å². The fraction of sp³-hybridized carbons (Fsp3) is 0.333. The molecule has 0 atom stereocenters. The first-order valence-corrected chi connectivity index (χ1v) is 7.08. The van der Waals surface area contributed by atoms with Crippen molar-refractivity contribution in [2.75, 3.05) is 6.54 Å². The minimum Gasteiger partial charge on any atom is -0.312 e. The molecule has 0 unspecified atom stereocenters. The van der Waals surface area contributed by atoms with Gasteiger partial charge in [0, 0.05) is 6.54 Å². The summed E-state index contributed by atoms with van der Waals surface area (Å²) in [6.07, 6.45) is 0.849. The Bertz CT molecular complexity index is 567. The fourth-order valence-corrected chi connectivity index (χ4v) is 2.63. The third-order valence-electron chi connectivity index (χ3n) is 3.62. The van der Waals surface area contributed by atoms with Gasteiger partial charge in [0.1, 0.15) is 5.82 Å². The van der Waals surface area contributed by atoms with Crippen molar-refractivity contribution in [1.29, 1.82) is 0 Å². The second-order valence-electron chi connectivity index (χ2n) is 5.43. The van der Waals surface area contributed by atoms with Gasteiger partial charge in [-0.3, -0.25) is 0 Å². The van der Waals surface area contributed by atoms with Gasteiger partial charge in [-0.2, -0.15) is 0 Å². The van der Waals surface area contributed by atoms with E-state index in [1.54, 1.807) is 12.1 Å². The van der Waals surface area contributed by atoms with E-state index in [2.05, 4.69) is 38.2 Å². The van der Waals surface area contributed by atoms with Gasteiger partial charge in [-0.1, -0.05) is 29.8 Å². The normalized spacial score (nSPS) is 10.8. The summed E-state index contributed by atoms with van der Waals surface area (Å²) in [7, 11) is 0. The van der Waals surface area contributed by atoms with Gasteiger partial charge >= 0.3 is 0 Å². The summed E-state index contributed by atoms with van der Waals surface area (Å²) in [5.74, 6) is -0.160. The molecule has 0 aromatic heterocycles. The molecular formula is C18H22FN. The van der Waals surface area contributed by atoms with Crippen LogP contribution in [0.4, 0.5) is 4.39 Å². The van der Waals surface area contributed by atoms with Crippen molar-refractivity contribution in [2.45, 2.75) is 33.7 Å². The van der Waals surface area contributed by atoms with E-state index in [1.165, 1.54) is 28.3 Å². The molecule has 0 aliphatic heterocycles. The van der Waals surface area contributed by atoms with Gasteiger partial charge in [-0.05, 0) is 68.1 Å². The summed E-state index contributed by atoms with van der Waals surface area (Å²) in [6, 6.07) is 11.2. The quantitative estimate of drug-likeness (QED) is 0.808. The van der Waals surface area contributed by atoms with Crippen molar-refractivity contribution in [3.8, 4) is 0 Å². The molecule has 20 heavy (non-hydrogen) atoms. The van der Waals surface area contributed by atoms with Crippen molar-refractivity contribution in [3.05, 3.63) is 70.0 Å². The van der Waals surface area contributed by atoms with Crippen molar-refractivity contribution in [3.63, 3.8) is 0 Å². The molecule has 1 N–H and O–H groups in total. The predicted octanol–water partition coefficient (Wildman–Crippen LogP) is 4.08. The van der Waals surface area contributed by atoms with Crippen molar-refractivity contribution in [2.24, 2.45) is 0 Å². The number of aryl methyl sites for hydroxylation is 3. The molecule has 0 saturated heterocycles. The maximum atomic E-state index is 13.1. The lowest BCUT2D eigenvalue weighted by atomic mass is 10.00. The number of benzene rings is 2. The molecule has 0 heterocycles. The molecule has 106 valence electrons. The first-order valence-electron chi connectivity index (χ1n) is 7.08. The maximum Gasteiger partial charge on any atom is 0.123 e. The molecule has 0 spiro atoms. The van der Waals surface area contributed by atoms with Crippen LogP contribution in [0, 0.1) is 26.6 Å². The molecule has 0 amide bonds. The summed E-state index contributed by atoms with van der Waals surface area (Å²) in [5, 5.41) is 3.45. The van der Waals surface area contributed by atoms with Crippen LogP contribution in [0.3, 0.4) is 0 Å². The van der Waals surface area contributed by atoms with Gasteiger partial charge in [-0.15, -0.1) is 0 Å². The Morgan fingerprint density at radius 3 is 2.35 bits per heavy atom. The number of nitrogens with one attached hydrogen (secondary N) is 1. The zero-order valence-corrected chi connectivity index (χ0v) is 12.5. The molecule has 2 aromatic rings. The monoisotopic (exact) mass is 271 g/mol. The average molecular weight is 271 g/mol. The van der Waals surface area contributed by atoms with Crippen LogP contribution < -0.4 is 5.32 Å². The fourth-order valence-electron chi connectivity index (χ4n) is 2.63. The van der Waals surface area contributed by atoms with E-state index in [-0.39, 0.29) is 5.82 Å². The van der Waals surface area contributed by atoms with E-state index in [9.17, 15) is 4.39 Å². The van der Waals surface area contributed by atoms with E-state index >= 15 is 0 Å². The minimum atomic E-state index is -0.160. The first-order chi connectivity index (χ1) is 9.56. The topological polar surface area (TPSA) is 12.0 Å². The van der Waals surface area contributed by atoms with E-state index in [0.717, 1.165) is 25.1 Å². The summed E-state index contributed by atoms with van der Waals surface area (Å²) in [4.78, 5) is 0. The van der Waals surface area contributed by atoms with Crippen LogP contribution in [-0.2, 0) is 13.0 Å². The zero-order chi connectivity index (χ0) is 14.5. The molecule has 0 fully saturated rings. The highest BCUT2D eigenvalue weighted by atomic mass is 19.1. The molecule has 2 heteroatoms. The van der Waals surface area contributed by atoms with Crippen LogP contribution in [0.15, 0.2) is 36.4 Å². The van der Waals surface area contributed by atoms with Crippen LogP contribution >= 0.6 is 0 Å². The Morgan fingerprint density at radius 2 is 1.70 bits per heavy atom. The van der Waals surface area contributed by atoms with Crippen LogP contribution in [0.25, 0.3) is 0 Å². The van der Waals surface area contributed by atoms with E-state index in [1.807, 2.05) is 6.07 Å². The summed E-state index contributed by atoms with van der Waals surface area (Å²) >= 11 is 0. The average Bonchev–Trinajstić information content (AvgIpc) is 2.36. The van der Waals surface area contributed by atoms with Gasteiger partial charge in [-0.25, -0.2) is 4.39 Å². The second-order valence-corrected chi connectivity index (χ2v) is 5.43. The molecule has 0 bridgehead atoms. The van der Waals surface area contributed by atoms with Gasteiger partial charge < -0.3 is 5.32 Å². The predicted molar refractivity (Wildman–Crippen MR) is 82.5 cm³/mol. The number of hydrogen-bond acceptors (Lipinski definition) is 1. The maximum absolute atomic E-state index is 13.1. The molecule has 0 saturated carbocycles. The van der Waals surface area contributed by atoms with Gasteiger partial charge in [0.25, 0.3) is 0 Å². The van der Waals surface area contributed by atoms with Crippen LogP contribution in [0.5, 0.6) is 0 Å². The Morgan fingerprint density at radius 1 is 1.00 bits per heavy atom. The highest BCUT2D eigenvalue weighted by Crippen LogP contribution is 2.16. The second kappa shape index (κ2) is 6.67.